The molecule has 19 heavy (non-hydrogen) atoms. The second-order valence-electron chi connectivity index (χ2n) is 5.43. The third-order valence-corrected chi connectivity index (χ3v) is 2.91. The number of benzene rings is 1. The summed E-state index contributed by atoms with van der Waals surface area (Å²) in [5.41, 5.74) is -1.39. The monoisotopic (exact) mass is 271 g/mol. The summed E-state index contributed by atoms with van der Waals surface area (Å²) >= 11 is 0. The number of pyridine rings is 1. The van der Waals surface area contributed by atoms with Gasteiger partial charge in [0.1, 0.15) is 5.82 Å². The van der Waals surface area contributed by atoms with Gasteiger partial charge in [0.25, 0.3) is 0 Å². The van der Waals surface area contributed by atoms with Crippen LogP contribution in [-0.4, -0.2) is 4.98 Å². The zero-order valence-electron chi connectivity index (χ0n) is 10.8. The summed E-state index contributed by atoms with van der Waals surface area (Å²) < 4.78 is 52.6. The molecular weight excluding hydrogens is 258 g/mol. The standard InChI is InChI=1S/C14H13F4N/c1-13(2,3)11-8-5-4-6-9(14(16,17)18)12(8)19-7-10(11)15/h4-7H,1-3H3. The maximum absolute atomic E-state index is 13.9. The number of nitrogens with zero attached hydrogens (tertiary/aromatic N) is 1. The van der Waals surface area contributed by atoms with Gasteiger partial charge in [-0.3, -0.25) is 4.98 Å². The summed E-state index contributed by atoms with van der Waals surface area (Å²) in [7, 11) is 0. The maximum atomic E-state index is 13.9. The average molecular weight is 271 g/mol. The Labute approximate surface area is 108 Å². The zero-order chi connectivity index (χ0) is 14.4. The third kappa shape index (κ3) is 2.41. The Morgan fingerprint density at radius 3 is 2.21 bits per heavy atom. The number of rotatable bonds is 0. The molecule has 1 aromatic carbocycles. The highest BCUT2D eigenvalue weighted by Crippen LogP contribution is 2.37. The Morgan fingerprint density at radius 2 is 1.68 bits per heavy atom. The van der Waals surface area contributed by atoms with Gasteiger partial charge in [-0.15, -0.1) is 0 Å². The average Bonchev–Trinajstić information content (AvgIpc) is 2.24. The molecule has 0 atom stereocenters. The molecule has 0 fully saturated rings. The summed E-state index contributed by atoms with van der Waals surface area (Å²) in [6.45, 7) is 5.27. The largest absolute Gasteiger partial charge is 0.418 e. The summed E-state index contributed by atoms with van der Waals surface area (Å²) in [6.07, 6.45) is -3.64. The van der Waals surface area contributed by atoms with Crippen LogP contribution in [0, 0.1) is 5.82 Å². The quantitative estimate of drug-likeness (QED) is 0.633. The molecule has 102 valence electrons. The van der Waals surface area contributed by atoms with E-state index >= 15 is 0 Å². The van der Waals surface area contributed by atoms with Gasteiger partial charge >= 0.3 is 6.18 Å². The molecule has 0 saturated carbocycles. The SMILES string of the molecule is CC(C)(C)c1c(F)cnc2c(C(F)(F)F)cccc12. The van der Waals surface area contributed by atoms with Crippen LogP contribution in [0.4, 0.5) is 17.6 Å². The van der Waals surface area contributed by atoms with Crippen molar-refractivity contribution >= 4 is 10.9 Å². The van der Waals surface area contributed by atoms with E-state index in [0.717, 1.165) is 12.3 Å². The van der Waals surface area contributed by atoms with Gasteiger partial charge in [-0.1, -0.05) is 32.9 Å². The van der Waals surface area contributed by atoms with Gasteiger partial charge in [0.05, 0.1) is 17.3 Å². The van der Waals surface area contributed by atoms with Crippen LogP contribution in [0.15, 0.2) is 24.4 Å². The maximum Gasteiger partial charge on any atom is 0.418 e. The minimum absolute atomic E-state index is 0.207. The number of para-hydroxylation sites is 1. The van der Waals surface area contributed by atoms with Gasteiger partial charge in [0.2, 0.25) is 0 Å². The van der Waals surface area contributed by atoms with Crippen LogP contribution < -0.4 is 0 Å². The highest BCUT2D eigenvalue weighted by atomic mass is 19.4. The van der Waals surface area contributed by atoms with E-state index < -0.39 is 23.0 Å². The van der Waals surface area contributed by atoms with Crippen molar-refractivity contribution in [2.45, 2.75) is 32.4 Å². The molecule has 5 heteroatoms. The van der Waals surface area contributed by atoms with Gasteiger partial charge in [-0.25, -0.2) is 4.39 Å². The van der Waals surface area contributed by atoms with Crippen LogP contribution >= 0.6 is 0 Å². The molecule has 1 aromatic heterocycles. The lowest BCUT2D eigenvalue weighted by atomic mass is 9.84. The molecule has 0 radical (unpaired) electrons. The number of halogens is 4. The first-order valence-electron chi connectivity index (χ1n) is 5.77. The van der Waals surface area contributed by atoms with Gasteiger partial charge in [-0.2, -0.15) is 13.2 Å². The lowest BCUT2D eigenvalue weighted by molar-refractivity contribution is -0.136. The second kappa shape index (κ2) is 4.18. The number of hydrogen-bond donors (Lipinski definition) is 0. The van der Waals surface area contributed by atoms with E-state index in [1.54, 1.807) is 20.8 Å². The molecule has 0 unspecified atom stereocenters. The molecule has 0 aliphatic carbocycles. The van der Waals surface area contributed by atoms with Crippen molar-refractivity contribution in [2.75, 3.05) is 0 Å². The van der Waals surface area contributed by atoms with Crippen LogP contribution in [0.2, 0.25) is 0 Å². The first-order valence-corrected chi connectivity index (χ1v) is 5.77. The van der Waals surface area contributed by atoms with Crippen molar-refractivity contribution in [1.82, 2.24) is 4.98 Å². The van der Waals surface area contributed by atoms with Gasteiger partial charge < -0.3 is 0 Å². The Morgan fingerprint density at radius 1 is 1.05 bits per heavy atom. The lowest BCUT2D eigenvalue weighted by Crippen LogP contribution is -2.16. The molecule has 1 nitrogen and oxygen atoms in total. The van der Waals surface area contributed by atoms with E-state index in [2.05, 4.69) is 4.98 Å². The van der Waals surface area contributed by atoms with Crippen molar-refractivity contribution in [3.05, 3.63) is 41.3 Å². The molecule has 2 rings (SSSR count). The number of hydrogen-bond acceptors (Lipinski definition) is 1. The Kier molecular flexibility index (Phi) is 3.03. The van der Waals surface area contributed by atoms with Crippen LogP contribution in [-0.2, 0) is 11.6 Å². The normalized spacial score (nSPS) is 13.0. The Balaban J connectivity index is 2.90. The first kappa shape index (κ1) is 13.8. The minimum atomic E-state index is -4.50. The fourth-order valence-electron chi connectivity index (χ4n) is 2.19. The van der Waals surface area contributed by atoms with Crippen molar-refractivity contribution in [3.8, 4) is 0 Å². The van der Waals surface area contributed by atoms with Crippen molar-refractivity contribution in [2.24, 2.45) is 0 Å². The van der Waals surface area contributed by atoms with E-state index in [1.807, 2.05) is 0 Å². The van der Waals surface area contributed by atoms with Gasteiger partial charge in [0.15, 0.2) is 0 Å². The minimum Gasteiger partial charge on any atom is -0.253 e. The molecule has 0 N–H and O–H groups in total. The highest BCUT2D eigenvalue weighted by molar-refractivity contribution is 5.86. The predicted molar refractivity (Wildman–Crippen MR) is 65.4 cm³/mol. The predicted octanol–water partition coefficient (Wildman–Crippen LogP) is 4.69. The lowest BCUT2D eigenvalue weighted by Gasteiger charge is -2.22. The Hall–Kier alpha value is -1.65. The fourth-order valence-corrected chi connectivity index (χ4v) is 2.19. The van der Waals surface area contributed by atoms with Crippen LogP contribution in [0.1, 0.15) is 31.9 Å². The van der Waals surface area contributed by atoms with Crippen LogP contribution in [0.3, 0.4) is 0 Å². The third-order valence-electron chi connectivity index (χ3n) is 2.91. The molecule has 0 amide bonds. The summed E-state index contributed by atoms with van der Waals surface area (Å²) in [5.74, 6) is -0.584. The highest BCUT2D eigenvalue weighted by Gasteiger charge is 2.34. The van der Waals surface area contributed by atoms with E-state index in [0.29, 0.717) is 0 Å². The van der Waals surface area contributed by atoms with E-state index in [1.165, 1.54) is 12.1 Å². The van der Waals surface area contributed by atoms with Gasteiger partial charge in [-0.05, 0) is 11.5 Å². The van der Waals surface area contributed by atoms with Crippen molar-refractivity contribution in [3.63, 3.8) is 0 Å². The van der Waals surface area contributed by atoms with Crippen molar-refractivity contribution in [1.29, 1.82) is 0 Å². The van der Waals surface area contributed by atoms with Crippen LogP contribution in [0.5, 0.6) is 0 Å². The summed E-state index contributed by atoms with van der Waals surface area (Å²) in [6, 6.07) is 3.71. The zero-order valence-corrected chi connectivity index (χ0v) is 10.8. The molecule has 2 aromatic rings. The molecular formula is C14H13F4N. The van der Waals surface area contributed by atoms with E-state index in [9.17, 15) is 17.6 Å². The Bertz CT molecular complexity index is 624. The van der Waals surface area contributed by atoms with Crippen LogP contribution in [0.25, 0.3) is 10.9 Å². The second-order valence-corrected chi connectivity index (χ2v) is 5.43. The number of fused-ring (bicyclic) bond motifs is 1. The van der Waals surface area contributed by atoms with E-state index in [-0.39, 0.29) is 16.5 Å². The smallest absolute Gasteiger partial charge is 0.253 e. The number of alkyl halides is 3. The molecule has 0 spiro atoms. The van der Waals surface area contributed by atoms with Gasteiger partial charge in [0, 0.05) is 10.9 Å². The summed E-state index contributed by atoms with van der Waals surface area (Å²) in [5, 5.41) is 0.210. The molecule has 1 heterocycles. The molecule has 0 bridgehead atoms. The van der Waals surface area contributed by atoms with E-state index in [4.69, 9.17) is 0 Å². The van der Waals surface area contributed by atoms with Crippen molar-refractivity contribution < 1.29 is 17.6 Å². The topological polar surface area (TPSA) is 12.9 Å². The molecule has 0 aliphatic heterocycles. The summed E-state index contributed by atoms with van der Waals surface area (Å²) in [4.78, 5) is 3.63. The molecule has 0 aliphatic rings. The first-order chi connectivity index (χ1) is 8.62. The number of aromatic nitrogens is 1. The fraction of sp³-hybridized carbons (Fsp3) is 0.357. The molecule has 0 saturated heterocycles.